The van der Waals surface area contributed by atoms with Gasteiger partial charge in [0.05, 0.1) is 16.2 Å². The van der Waals surface area contributed by atoms with E-state index in [1.807, 2.05) is 18.2 Å². The lowest BCUT2D eigenvalue weighted by atomic mass is 10.1. The third-order valence-corrected chi connectivity index (χ3v) is 7.41. The Kier molecular flexibility index (Phi) is 4.08. The van der Waals surface area contributed by atoms with E-state index < -0.39 is 9.84 Å². The van der Waals surface area contributed by atoms with Crippen molar-refractivity contribution in [2.75, 3.05) is 0 Å². The number of aryl methyl sites for hydroxylation is 1. The molecule has 4 nitrogen and oxygen atoms in total. The fourth-order valence-electron chi connectivity index (χ4n) is 3.34. The fourth-order valence-corrected chi connectivity index (χ4v) is 5.20. The lowest BCUT2D eigenvalue weighted by Gasteiger charge is -2.14. The van der Waals surface area contributed by atoms with Gasteiger partial charge in [-0.05, 0) is 73.2 Å². The molecule has 2 aromatic carbocycles. The second-order valence-electron chi connectivity index (χ2n) is 6.68. The molecule has 2 aliphatic rings. The highest BCUT2D eigenvalue weighted by Crippen LogP contribution is 2.34. The highest BCUT2D eigenvalue weighted by atomic mass is 35.5. The number of fused-ring (bicyclic) bond motifs is 1. The summed E-state index contributed by atoms with van der Waals surface area (Å²) in [5.41, 5.74) is 2.74. The number of hydrogen-bond acceptors (Lipinski definition) is 3. The first-order valence-electron chi connectivity index (χ1n) is 8.38. The maximum absolute atomic E-state index is 12.5. The summed E-state index contributed by atoms with van der Waals surface area (Å²) in [4.78, 5) is 12.8. The maximum atomic E-state index is 12.5. The third-order valence-electron chi connectivity index (χ3n) is 4.90. The van der Waals surface area contributed by atoms with Gasteiger partial charge in [0.2, 0.25) is 0 Å². The van der Waals surface area contributed by atoms with E-state index >= 15 is 0 Å². The summed E-state index contributed by atoms with van der Waals surface area (Å²) in [6.07, 6.45) is 3.19. The molecule has 4 rings (SSSR count). The summed E-state index contributed by atoms with van der Waals surface area (Å²) >= 11 is 6.01. The Hall–Kier alpha value is -1.85. The molecule has 1 saturated carbocycles. The molecule has 25 heavy (non-hydrogen) atoms. The van der Waals surface area contributed by atoms with Gasteiger partial charge in [0, 0.05) is 10.6 Å². The van der Waals surface area contributed by atoms with E-state index in [4.69, 9.17) is 11.6 Å². The predicted octanol–water partition coefficient (Wildman–Crippen LogP) is 3.69. The summed E-state index contributed by atoms with van der Waals surface area (Å²) < 4.78 is 24.4. The molecule has 0 bridgehead atoms. The molecule has 1 amide bonds. The smallest absolute Gasteiger partial charge is 0.251 e. The second kappa shape index (κ2) is 6.15. The summed E-state index contributed by atoms with van der Waals surface area (Å²) in [5.74, 6) is -0.192. The Labute approximate surface area is 152 Å². The van der Waals surface area contributed by atoms with Crippen molar-refractivity contribution in [3.05, 3.63) is 64.2 Å². The Morgan fingerprint density at radius 3 is 2.44 bits per heavy atom. The van der Waals surface area contributed by atoms with Gasteiger partial charge >= 0.3 is 0 Å². The molecule has 2 aromatic rings. The molecular formula is C19H18ClNO3S. The molecule has 6 heteroatoms. The molecule has 0 radical (unpaired) electrons. The number of rotatable bonds is 4. The van der Waals surface area contributed by atoms with Crippen LogP contribution in [0, 0.1) is 0 Å². The highest BCUT2D eigenvalue weighted by Gasteiger charge is 2.36. The quantitative estimate of drug-likeness (QED) is 0.886. The van der Waals surface area contributed by atoms with Crippen molar-refractivity contribution in [3.63, 3.8) is 0 Å². The van der Waals surface area contributed by atoms with Gasteiger partial charge in [-0.1, -0.05) is 17.7 Å². The Balaban J connectivity index is 1.49. The maximum Gasteiger partial charge on any atom is 0.251 e. The summed E-state index contributed by atoms with van der Waals surface area (Å²) in [6, 6.07) is 11.9. The first kappa shape index (κ1) is 16.6. The Morgan fingerprint density at radius 2 is 1.76 bits per heavy atom. The zero-order valence-corrected chi connectivity index (χ0v) is 15.1. The van der Waals surface area contributed by atoms with E-state index in [2.05, 4.69) is 5.32 Å². The van der Waals surface area contributed by atoms with Gasteiger partial charge in [-0.25, -0.2) is 8.42 Å². The first-order chi connectivity index (χ1) is 11.9. The van der Waals surface area contributed by atoms with Crippen molar-refractivity contribution in [2.45, 2.75) is 41.9 Å². The van der Waals surface area contributed by atoms with Crippen molar-refractivity contribution < 1.29 is 13.2 Å². The van der Waals surface area contributed by atoms with E-state index in [9.17, 15) is 13.2 Å². The van der Waals surface area contributed by atoms with Crippen LogP contribution in [0.4, 0.5) is 0 Å². The molecule has 2 aliphatic carbocycles. The van der Waals surface area contributed by atoms with Gasteiger partial charge in [0.1, 0.15) is 0 Å². The van der Waals surface area contributed by atoms with Gasteiger partial charge in [-0.2, -0.15) is 0 Å². The highest BCUT2D eigenvalue weighted by molar-refractivity contribution is 7.92. The molecule has 0 saturated heterocycles. The minimum absolute atomic E-state index is 0.0327. The van der Waals surface area contributed by atoms with Gasteiger partial charge in [0.15, 0.2) is 9.84 Å². The average Bonchev–Trinajstić information content (AvgIpc) is 3.39. The van der Waals surface area contributed by atoms with E-state index in [-0.39, 0.29) is 17.2 Å². The first-order valence-corrected chi connectivity index (χ1v) is 10.3. The van der Waals surface area contributed by atoms with E-state index in [0.29, 0.717) is 15.5 Å². The second-order valence-corrected chi connectivity index (χ2v) is 9.34. The number of halogens is 1. The SMILES string of the molecule is O=C(N[C@@H]1CCc2cc(Cl)ccc21)c1ccc(S(=O)(=O)C2CC2)cc1. The summed E-state index contributed by atoms with van der Waals surface area (Å²) in [6.45, 7) is 0. The predicted molar refractivity (Wildman–Crippen MR) is 96.6 cm³/mol. The normalized spacial score (nSPS) is 19.5. The Bertz CT molecular complexity index is 934. The number of benzene rings is 2. The van der Waals surface area contributed by atoms with Crippen LogP contribution in [-0.2, 0) is 16.3 Å². The van der Waals surface area contributed by atoms with E-state index in [0.717, 1.165) is 31.2 Å². The van der Waals surface area contributed by atoms with Crippen LogP contribution < -0.4 is 5.32 Å². The van der Waals surface area contributed by atoms with Crippen LogP contribution in [0.5, 0.6) is 0 Å². The minimum Gasteiger partial charge on any atom is -0.345 e. The number of carbonyl (C=O) groups is 1. The minimum atomic E-state index is -3.22. The van der Waals surface area contributed by atoms with Gasteiger partial charge in [-0.15, -0.1) is 0 Å². The molecule has 0 aromatic heterocycles. The van der Waals surface area contributed by atoms with Gasteiger partial charge < -0.3 is 5.32 Å². The van der Waals surface area contributed by atoms with Crippen molar-refractivity contribution in [1.82, 2.24) is 5.32 Å². The average molecular weight is 376 g/mol. The molecule has 0 aliphatic heterocycles. The van der Waals surface area contributed by atoms with Crippen molar-refractivity contribution in [3.8, 4) is 0 Å². The Morgan fingerprint density at radius 1 is 1.04 bits per heavy atom. The number of amides is 1. The standard InChI is InChI=1S/C19H18ClNO3S/c20-14-4-9-17-13(11-14)3-10-18(17)21-19(22)12-1-5-15(6-2-12)25(23,24)16-7-8-16/h1-2,4-6,9,11,16,18H,3,7-8,10H2,(H,21,22)/t18-/m1/s1. The van der Waals surface area contributed by atoms with Crippen molar-refractivity contribution in [1.29, 1.82) is 0 Å². The lowest BCUT2D eigenvalue weighted by molar-refractivity contribution is 0.0936. The van der Waals surface area contributed by atoms with Crippen molar-refractivity contribution in [2.24, 2.45) is 0 Å². The van der Waals surface area contributed by atoms with Crippen LogP contribution in [0.2, 0.25) is 5.02 Å². The van der Waals surface area contributed by atoms with Crippen molar-refractivity contribution >= 4 is 27.3 Å². The van der Waals surface area contributed by atoms with Crippen LogP contribution in [0.15, 0.2) is 47.4 Å². The topological polar surface area (TPSA) is 63.2 Å². The van der Waals surface area contributed by atoms with Crippen LogP contribution in [0.3, 0.4) is 0 Å². The molecular weight excluding hydrogens is 358 g/mol. The van der Waals surface area contributed by atoms with Gasteiger partial charge in [-0.3, -0.25) is 4.79 Å². The summed E-state index contributed by atoms with van der Waals surface area (Å²) in [5, 5.41) is 3.50. The molecule has 1 N–H and O–H groups in total. The lowest BCUT2D eigenvalue weighted by Crippen LogP contribution is -2.27. The zero-order valence-electron chi connectivity index (χ0n) is 13.5. The monoisotopic (exact) mass is 375 g/mol. The third kappa shape index (κ3) is 3.18. The van der Waals surface area contributed by atoms with E-state index in [1.54, 1.807) is 12.1 Å². The zero-order chi connectivity index (χ0) is 17.6. The number of nitrogens with one attached hydrogen (secondary N) is 1. The summed E-state index contributed by atoms with van der Waals surface area (Å²) in [7, 11) is -3.22. The molecule has 0 heterocycles. The fraction of sp³-hybridized carbons (Fsp3) is 0.316. The molecule has 1 fully saturated rings. The van der Waals surface area contributed by atoms with Crippen LogP contribution in [0.1, 0.15) is 46.8 Å². The largest absolute Gasteiger partial charge is 0.345 e. The molecule has 0 unspecified atom stereocenters. The number of hydrogen-bond donors (Lipinski definition) is 1. The van der Waals surface area contributed by atoms with Crippen LogP contribution >= 0.6 is 11.6 Å². The molecule has 1 atom stereocenters. The number of carbonyl (C=O) groups excluding carboxylic acids is 1. The molecule has 130 valence electrons. The van der Waals surface area contributed by atoms with E-state index in [1.165, 1.54) is 17.7 Å². The number of sulfone groups is 1. The van der Waals surface area contributed by atoms with Crippen LogP contribution in [-0.4, -0.2) is 19.6 Å². The van der Waals surface area contributed by atoms with Crippen LogP contribution in [0.25, 0.3) is 0 Å². The molecule has 0 spiro atoms. The van der Waals surface area contributed by atoms with Gasteiger partial charge in [0.25, 0.3) is 5.91 Å².